The number of rotatable bonds is 4. The molecule has 3 aromatic heterocycles. The molecule has 0 atom stereocenters. The van der Waals surface area contributed by atoms with Gasteiger partial charge in [-0.3, -0.25) is 10.1 Å². The third kappa shape index (κ3) is 2.58. The van der Waals surface area contributed by atoms with Gasteiger partial charge in [0.2, 0.25) is 0 Å². The molecular weight excluding hydrogens is 296 g/mol. The molecule has 0 aliphatic heterocycles. The van der Waals surface area contributed by atoms with E-state index in [1.807, 2.05) is 36.4 Å². The van der Waals surface area contributed by atoms with Crippen LogP contribution in [0.25, 0.3) is 22.4 Å². The number of thioether (sulfide) groups is 1. The maximum atomic E-state index is 4.53. The fraction of sp³-hybridized carbons (Fsp3) is 0.0667. The molecule has 0 saturated carbocycles. The van der Waals surface area contributed by atoms with Crippen molar-refractivity contribution in [3.63, 3.8) is 0 Å². The first-order valence-electron chi connectivity index (χ1n) is 6.78. The predicted octanol–water partition coefficient (Wildman–Crippen LogP) is 3.04. The van der Waals surface area contributed by atoms with Crippen molar-refractivity contribution >= 4 is 22.8 Å². The van der Waals surface area contributed by atoms with Crippen LogP contribution in [-0.4, -0.2) is 30.1 Å². The van der Waals surface area contributed by atoms with Crippen LogP contribution in [0.1, 0.15) is 5.82 Å². The number of benzene rings is 1. The van der Waals surface area contributed by atoms with Crippen LogP contribution in [-0.2, 0) is 5.75 Å². The van der Waals surface area contributed by atoms with Crippen LogP contribution in [0.4, 0.5) is 0 Å². The lowest BCUT2D eigenvalue weighted by atomic mass is 10.3. The summed E-state index contributed by atoms with van der Waals surface area (Å²) in [5, 5.41) is 8.05. The van der Waals surface area contributed by atoms with Gasteiger partial charge < -0.3 is 4.98 Å². The zero-order valence-corrected chi connectivity index (χ0v) is 12.3. The number of hydrogen-bond acceptors (Lipinski definition) is 5. The van der Waals surface area contributed by atoms with E-state index in [0.717, 1.165) is 27.6 Å². The summed E-state index contributed by atoms with van der Waals surface area (Å²) in [5.41, 5.74) is 2.91. The fourth-order valence-corrected chi connectivity index (χ4v) is 2.87. The summed E-state index contributed by atoms with van der Waals surface area (Å²) in [4.78, 5) is 16.4. The Labute approximate surface area is 130 Å². The lowest BCUT2D eigenvalue weighted by Gasteiger charge is -1.93. The van der Waals surface area contributed by atoms with Gasteiger partial charge in [0, 0.05) is 18.0 Å². The van der Waals surface area contributed by atoms with E-state index in [1.165, 1.54) is 0 Å². The van der Waals surface area contributed by atoms with Crippen LogP contribution in [0.15, 0.2) is 53.9 Å². The molecule has 22 heavy (non-hydrogen) atoms. The topological polar surface area (TPSA) is 83.1 Å². The van der Waals surface area contributed by atoms with Gasteiger partial charge >= 0.3 is 0 Å². The van der Waals surface area contributed by atoms with E-state index < -0.39 is 0 Å². The minimum absolute atomic E-state index is 0.660. The Morgan fingerprint density at radius 1 is 1.05 bits per heavy atom. The zero-order valence-electron chi connectivity index (χ0n) is 11.5. The highest BCUT2D eigenvalue weighted by atomic mass is 32.2. The van der Waals surface area contributed by atoms with Gasteiger partial charge in [-0.1, -0.05) is 23.9 Å². The maximum absolute atomic E-state index is 4.53. The quantitative estimate of drug-likeness (QED) is 0.566. The van der Waals surface area contributed by atoms with Crippen LogP contribution in [0.3, 0.4) is 0 Å². The van der Waals surface area contributed by atoms with Crippen LogP contribution in [0, 0.1) is 0 Å². The summed E-state index contributed by atoms with van der Waals surface area (Å²) in [7, 11) is 0. The van der Waals surface area contributed by atoms with Crippen molar-refractivity contribution in [3.05, 3.63) is 54.6 Å². The van der Waals surface area contributed by atoms with E-state index in [0.29, 0.717) is 11.6 Å². The first-order chi connectivity index (χ1) is 10.9. The highest BCUT2D eigenvalue weighted by Gasteiger charge is 2.08. The molecule has 0 spiro atoms. The van der Waals surface area contributed by atoms with E-state index in [4.69, 9.17) is 0 Å². The van der Waals surface area contributed by atoms with Crippen molar-refractivity contribution in [2.75, 3.05) is 0 Å². The SMILES string of the molecule is c1cncc(-c2n[nH]c(CSc3nc4ccccc4[nH]3)n2)c1. The molecule has 4 aromatic rings. The monoisotopic (exact) mass is 308 g/mol. The number of H-pyrrole nitrogens is 2. The minimum Gasteiger partial charge on any atom is -0.333 e. The number of para-hydroxylation sites is 2. The van der Waals surface area contributed by atoms with Crippen molar-refractivity contribution in [3.8, 4) is 11.4 Å². The highest BCUT2D eigenvalue weighted by molar-refractivity contribution is 7.98. The van der Waals surface area contributed by atoms with E-state index in [-0.39, 0.29) is 0 Å². The van der Waals surface area contributed by atoms with Crippen LogP contribution in [0.5, 0.6) is 0 Å². The van der Waals surface area contributed by atoms with E-state index in [2.05, 4.69) is 30.1 Å². The normalized spacial score (nSPS) is 11.1. The second kappa shape index (κ2) is 5.61. The molecule has 0 aliphatic carbocycles. The van der Waals surface area contributed by atoms with Gasteiger partial charge in [0.05, 0.1) is 16.8 Å². The molecule has 4 rings (SSSR count). The summed E-state index contributed by atoms with van der Waals surface area (Å²) < 4.78 is 0. The van der Waals surface area contributed by atoms with Gasteiger partial charge in [0.15, 0.2) is 11.0 Å². The largest absolute Gasteiger partial charge is 0.333 e. The molecule has 3 heterocycles. The number of hydrogen-bond donors (Lipinski definition) is 2. The van der Waals surface area contributed by atoms with Crippen molar-refractivity contribution < 1.29 is 0 Å². The van der Waals surface area contributed by atoms with Gasteiger partial charge in [-0.2, -0.15) is 5.10 Å². The smallest absolute Gasteiger partial charge is 0.182 e. The Kier molecular flexibility index (Phi) is 3.32. The first kappa shape index (κ1) is 13.0. The van der Waals surface area contributed by atoms with Crippen LogP contribution < -0.4 is 0 Å². The van der Waals surface area contributed by atoms with E-state index in [1.54, 1.807) is 24.2 Å². The second-order valence-corrected chi connectivity index (χ2v) is 5.66. The molecule has 0 saturated heterocycles. The number of fused-ring (bicyclic) bond motifs is 1. The van der Waals surface area contributed by atoms with Crippen LogP contribution in [0.2, 0.25) is 0 Å². The molecule has 1 aromatic carbocycles. The van der Waals surface area contributed by atoms with Crippen LogP contribution >= 0.6 is 11.8 Å². The number of aromatic amines is 2. The lowest BCUT2D eigenvalue weighted by molar-refractivity contribution is 1.01. The predicted molar refractivity (Wildman–Crippen MR) is 85.3 cm³/mol. The van der Waals surface area contributed by atoms with Gasteiger partial charge in [0.1, 0.15) is 5.82 Å². The Hall–Kier alpha value is -2.67. The standard InChI is InChI=1S/C15H12N6S/c1-2-6-12-11(5-1)17-15(18-12)22-9-13-19-14(21-20-13)10-4-3-7-16-8-10/h1-8H,9H2,(H,17,18)(H,19,20,21). The summed E-state index contributed by atoms with van der Waals surface area (Å²) in [5.74, 6) is 2.14. The van der Waals surface area contributed by atoms with Crippen molar-refractivity contribution in [2.24, 2.45) is 0 Å². The van der Waals surface area contributed by atoms with E-state index in [9.17, 15) is 0 Å². The molecule has 7 heteroatoms. The molecular formula is C15H12N6S. The molecule has 6 nitrogen and oxygen atoms in total. The molecule has 0 fully saturated rings. The maximum Gasteiger partial charge on any atom is 0.182 e. The number of pyridine rings is 1. The average Bonchev–Trinajstić information content (AvgIpc) is 3.20. The average molecular weight is 308 g/mol. The Balaban J connectivity index is 1.49. The fourth-order valence-electron chi connectivity index (χ4n) is 2.12. The summed E-state index contributed by atoms with van der Waals surface area (Å²) >= 11 is 1.59. The Morgan fingerprint density at radius 2 is 2.00 bits per heavy atom. The summed E-state index contributed by atoms with van der Waals surface area (Å²) in [6.07, 6.45) is 3.48. The molecule has 108 valence electrons. The number of imidazole rings is 1. The molecule has 0 radical (unpaired) electrons. The van der Waals surface area contributed by atoms with Gasteiger partial charge in [-0.25, -0.2) is 9.97 Å². The number of nitrogens with one attached hydrogen (secondary N) is 2. The van der Waals surface area contributed by atoms with Crippen molar-refractivity contribution in [1.29, 1.82) is 0 Å². The van der Waals surface area contributed by atoms with Gasteiger partial charge in [-0.05, 0) is 24.3 Å². The summed E-state index contributed by atoms with van der Waals surface area (Å²) in [6, 6.07) is 11.8. The third-order valence-electron chi connectivity index (χ3n) is 3.16. The third-order valence-corrected chi connectivity index (χ3v) is 4.05. The van der Waals surface area contributed by atoms with Crippen molar-refractivity contribution in [2.45, 2.75) is 10.9 Å². The van der Waals surface area contributed by atoms with Gasteiger partial charge in [0.25, 0.3) is 0 Å². The summed E-state index contributed by atoms with van der Waals surface area (Å²) in [6.45, 7) is 0. The molecule has 0 bridgehead atoms. The van der Waals surface area contributed by atoms with Crippen molar-refractivity contribution in [1.82, 2.24) is 30.1 Å². The number of nitrogens with zero attached hydrogens (tertiary/aromatic N) is 4. The lowest BCUT2D eigenvalue weighted by Crippen LogP contribution is -1.85. The molecule has 2 N–H and O–H groups in total. The molecule has 0 unspecified atom stereocenters. The first-order valence-corrected chi connectivity index (χ1v) is 7.76. The Bertz CT molecular complexity index is 865. The number of aromatic nitrogens is 6. The zero-order chi connectivity index (χ0) is 14.8. The molecule has 0 amide bonds. The highest BCUT2D eigenvalue weighted by Crippen LogP contribution is 2.22. The Morgan fingerprint density at radius 3 is 2.86 bits per heavy atom. The van der Waals surface area contributed by atoms with E-state index >= 15 is 0 Å². The minimum atomic E-state index is 0.660. The second-order valence-electron chi connectivity index (χ2n) is 4.70. The molecule has 0 aliphatic rings. The van der Waals surface area contributed by atoms with Gasteiger partial charge in [-0.15, -0.1) is 0 Å².